The Morgan fingerprint density at radius 1 is 1.43 bits per heavy atom. The molecule has 1 heterocycles. The van der Waals surface area contributed by atoms with Crippen LogP contribution in [-0.2, 0) is 11.2 Å². The molecule has 0 aliphatic carbocycles. The van der Waals surface area contributed by atoms with Crippen molar-refractivity contribution in [3.05, 3.63) is 33.8 Å². The van der Waals surface area contributed by atoms with Crippen LogP contribution in [0.5, 0.6) is 0 Å². The molecule has 1 aliphatic rings. The summed E-state index contributed by atoms with van der Waals surface area (Å²) in [6.45, 7) is 4.70. The molecule has 3 nitrogen and oxygen atoms in total. The van der Waals surface area contributed by atoms with Crippen LogP contribution < -0.4 is 5.73 Å². The maximum absolute atomic E-state index is 12.6. The second-order valence-corrected chi connectivity index (χ2v) is 7.89. The van der Waals surface area contributed by atoms with Crippen molar-refractivity contribution in [3.63, 3.8) is 0 Å². The Balaban J connectivity index is 2.12. The third-order valence-electron chi connectivity index (χ3n) is 3.65. The van der Waals surface area contributed by atoms with Crippen LogP contribution in [0.3, 0.4) is 0 Å². The van der Waals surface area contributed by atoms with E-state index in [1.807, 2.05) is 36.6 Å². The van der Waals surface area contributed by atoms with Gasteiger partial charge in [-0.15, -0.1) is 0 Å². The molecule has 0 bridgehead atoms. The van der Waals surface area contributed by atoms with Crippen LogP contribution in [-0.4, -0.2) is 40.4 Å². The first-order valence-electron chi connectivity index (χ1n) is 6.89. The third kappa shape index (κ3) is 4.28. The molecule has 1 unspecified atom stereocenters. The van der Waals surface area contributed by atoms with E-state index in [1.54, 1.807) is 12.1 Å². The van der Waals surface area contributed by atoms with Gasteiger partial charge in [-0.3, -0.25) is 4.79 Å². The first-order chi connectivity index (χ1) is 9.79. The van der Waals surface area contributed by atoms with Gasteiger partial charge in [0.2, 0.25) is 5.91 Å². The van der Waals surface area contributed by atoms with Gasteiger partial charge in [0.1, 0.15) is 0 Å². The van der Waals surface area contributed by atoms with Crippen molar-refractivity contribution >= 4 is 40.9 Å². The van der Waals surface area contributed by atoms with Gasteiger partial charge in [0, 0.05) is 23.6 Å². The Bertz CT molecular complexity index is 531. The Morgan fingerprint density at radius 2 is 2.14 bits per heavy atom. The van der Waals surface area contributed by atoms with Crippen LogP contribution in [0.15, 0.2) is 18.2 Å². The normalized spacial score (nSPS) is 19.7. The average molecular weight is 347 g/mol. The lowest BCUT2D eigenvalue weighted by molar-refractivity contribution is -0.133. The van der Waals surface area contributed by atoms with Crippen molar-refractivity contribution < 1.29 is 4.79 Å². The summed E-state index contributed by atoms with van der Waals surface area (Å²) in [5.41, 5.74) is 6.70. The number of carbonyl (C=O) groups is 1. The molecule has 1 atom stereocenters. The first-order valence-corrected chi connectivity index (χ1v) is 8.80. The molecular weight excluding hydrogens is 327 g/mol. The Morgan fingerprint density at radius 3 is 2.76 bits per heavy atom. The minimum atomic E-state index is -0.402. The zero-order valence-electron chi connectivity index (χ0n) is 12.2. The molecule has 0 saturated carbocycles. The van der Waals surface area contributed by atoms with Crippen molar-refractivity contribution in [2.75, 3.05) is 18.1 Å². The molecule has 1 fully saturated rings. The van der Waals surface area contributed by atoms with Gasteiger partial charge >= 0.3 is 0 Å². The second-order valence-electron chi connectivity index (χ2n) is 5.92. The van der Waals surface area contributed by atoms with Gasteiger partial charge < -0.3 is 10.6 Å². The quantitative estimate of drug-likeness (QED) is 0.913. The lowest BCUT2D eigenvalue weighted by Crippen LogP contribution is -2.60. The number of hydrogen-bond donors (Lipinski definition) is 1. The fraction of sp³-hybridized carbons (Fsp3) is 0.533. The van der Waals surface area contributed by atoms with Crippen molar-refractivity contribution in [2.45, 2.75) is 31.8 Å². The zero-order chi connectivity index (χ0) is 15.6. The predicted molar refractivity (Wildman–Crippen MR) is 91.3 cm³/mol. The minimum Gasteiger partial charge on any atom is -0.336 e. The van der Waals surface area contributed by atoms with Crippen molar-refractivity contribution in [1.82, 2.24) is 4.90 Å². The van der Waals surface area contributed by atoms with Crippen LogP contribution in [0.2, 0.25) is 10.0 Å². The summed E-state index contributed by atoms with van der Waals surface area (Å²) in [7, 11) is 0. The van der Waals surface area contributed by atoms with Crippen LogP contribution >= 0.6 is 35.0 Å². The van der Waals surface area contributed by atoms with E-state index < -0.39 is 5.54 Å². The van der Waals surface area contributed by atoms with E-state index in [9.17, 15) is 4.79 Å². The molecule has 2 N–H and O–H groups in total. The standard InChI is InChI=1S/C15H20Cl2N2OS/c1-15(2,18)13-9-21-6-5-19(13)14(20)8-10-3-4-11(16)12(17)7-10/h3-4,7,13H,5-6,8-9,18H2,1-2H3. The van der Waals surface area contributed by atoms with Crippen molar-refractivity contribution in [3.8, 4) is 0 Å². The van der Waals surface area contributed by atoms with Gasteiger partial charge in [-0.2, -0.15) is 11.8 Å². The summed E-state index contributed by atoms with van der Waals surface area (Å²) in [5, 5.41) is 0.982. The zero-order valence-corrected chi connectivity index (χ0v) is 14.6. The predicted octanol–water partition coefficient (Wildman–Crippen LogP) is 3.22. The molecule has 0 radical (unpaired) electrons. The molecule has 0 spiro atoms. The molecule has 1 aromatic carbocycles. The Kier molecular flexibility index (Phi) is 5.47. The summed E-state index contributed by atoms with van der Waals surface area (Å²) >= 11 is 13.8. The molecule has 1 amide bonds. The molecule has 21 heavy (non-hydrogen) atoms. The number of carbonyl (C=O) groups excluding carboxylic acids is 1. The number of amides is 1. The highest BCUT2D eigenvalue weighted by Gasteiger charge is 2.35. The Hall–Kier alpha value is -0.420. The van der Waals surface area contributed by atoms with Gasteiger partial charge in [-0.1, -0.05) is 29.3 Å². The van der Waals surface area contributed by atoms with E-state index >= 15 is 0 Å². The number of benzene rings is 1. The van der Waals surface area contributed by atoms with Gasteiger partial charge in [-0.25, -0.2) is 0 Å². The molecule has 1 aromatic rings. The van der Waals surface area contributed by atoms with E-state index in [0.717, 1.165) is 23.6 Å². The summed E-state index contributed by atoms with van der Waals surface area (Å²) in [6.07, 6.45) is 0.328. The largest absolute Gasteiger partial charge is 0.336 e. The van der Waals surface area contributed by atoms with Gasteiger partial charge in [-0.05, 0) is 31.5 Å². The second kappa shape index (κ2) is 6.78. The topological polar surface area (TPSA) is 46.3 Å². The van der Waals surface area contributed by atoms with E-state index in [2.05, 4.69) is 0 Å². The van der Waals surface area contributed by atoms with E-state index in [1.165, 1.54) is 0 Å². The number of halogens is 2. The average Bonchev–Trinajstić information content (AvgIpc) is 2.42. The first kappa shape index (κ1) is 16.9. The Labute approximate surface area is 140 Å². The fourth-order valence-corrected chi connectivity index (χ4v) is 4.09. The molecule has 1 aliphatic heterocycles. The van der Waals surface area contributed by atoms with Crippen molar-refractivity contribution in [2.24, 2.45) is 5.73 Å². The lowest BCUT2D eigenvalue weighted by Gasteiger charge is -2.42. The number of hydrogen-bond acceptors (Lipinski definition) is 3. The van der Waals surface area contributed by atoms with Crippen LogP contribution in [0.1, 0.15) is 19.4 Å². The van der Waals surface area contributed by atoms with Gasteiger partial charge in [0.05, 0.1) is 22.5 Å². The highest BCUT2D eigenvalue weighted by atomic mass is 35.5. The molecule has 116 valence electrons. The maximum Gasteiger partial charge on any atom is 0.227 e. The number of nitrogens with two attached hydrogens (primary N) is 1. The van der Waals surface area contributed by atoms with Crippen LogP contribution in [0.25, 0.3) is 0 Å². The molecular formula is C15H20Cl2N2OS. The smallest absolute Gasteiger partial charge is 0.227 e. The van der Waals surface area contributed by atoms with E-state index in [4.69, 9.17) is 28.9 Å². The van der Waals surface area contributed by atoms with E-state index in [0.29, 0.717) is 16.5 Å². The highest BCUT2D eigenvalue weighted by molar-refractivity contribution is 7.99. The van der Waals surface area contributed by atoms with Gasteiger partial charge in [0.25, 0.3) is 0 Å². The number of rotatable bonds is 3. The monoisotopic (exact) mass is 346 g/mol. The van der Waals surface area contributed by atoms with Gasteiger partial charge in [0.15, 0.2) is 0 Å². The summed E-state index contributed by atoms with van der Waals surface area (Å²) in [4.78, 5) is 14.5. The maximum atomic E-state index is 12.6. The number of thioether (sulfide) groups is 1. The summed E-state index contributed by atoms with van der Waals surface area (Å²) in [5.74, 6) is 1.94. The van der Waals surface area contributed by atoms with Crippen molar-refractivity contribution in [1.29, 1.82) is 0 Å². The number of nitrogens with zero attached hydrogens (tertiary/aromatic N) is 1. The molecule has 0 aromatic heterocycles. The lowest BCUT2D eigenvalue weighted by atomic mass is 9.95. The van der Waals surface area contributed by atoms with Crippen LogP contribution in [0.4, 0.5) is 0 Å². The third-order valence-corrected chi connectivity index (χ3v) is 5.41. The SMILES string of the molecule is CC(C)(N)C1CSCCN1C(=O)Cc1ccc(Cl)c(Cl)c1. The molecule has 2 rings (SSSR count). The molecule has 1 saturated heterocycles. The summed E-state index contributed by atoms with van der Waals surface area (Å²) in [6, 6.07) is 5.38. The highest BCUT2D eigenvalue weighted by Crippen LogP contribution is 2.26. The fourth-order valence-electron chi connectivity index (χ4n) is 2.44. The minimum absolute atomic E-state index is 0.0616. The van der Waals surface area contributed by atoms with E-state index in [-0.39, 0.29) is 11.9 Å². The molecule has 6 heteroatoms. The summed E-state index contributed by atoms with van der Waals surface area (Å²) < 4.78 is 0. The van der Waals surface area contributed by atoms with Crippen LogP contribution in [0, 0.1) is 0 Å².